The number of nitrogens with zero attached hydrogens (tertiary/aromatic N) is 1. The Morgan fingerprint density at radius 3 is 2.60 bits per heavy atom. The first-order valence-corrected chi connectivity index (χ1v) is 7.49. The van der Waals surface area contributed by atoms with Crippen molar-refractivity contribution in [2.45, 2.75) is 12.2 Å². The van der Waals surface area contributed by atoms with Crippen molar-refractivity contribution in [2.24, 2.45) is 4.99 Å². The Morgan fingerprint density at radius 2 is 1.85 bits per heavy atom. The first-order chi connectivity index (χ1) is 9.81. The third kappa shape index (κ3) is 3.14. The van der Waals surface area contributed by atoms with Gasteiger partial charge >= 0.3 is 0 Å². The molecule has 0 fully saturated rings. The fourth-order valence-electron chi connectivity index (χ4n) is 1.94. The van der Waals surface area contributed by atoms with Crippen molar-refractivity contribution in [3.05, 3.63) is 54.6 Å². The van der Waals surface area contributed by atoms with Gasteiger partial charge in [0, 0.05) is 5.25 Å². The fraction of sp³-hybridized carbons (Fsp3) is 0.188. The molecular weight excluding hydrogens is 268 g/mol. The van der Waals surface area contributed by atoms with Crippen LogP contribution in [0, 0.1) is 0 Å². The molecule has 4 heteroatoms. The average Bonchev–Trinajstić information content (AvgIpc) is 2.88. The summed E-state index contributed by atoms with van der Waals surface area (Å²) in [5, 5.41) is 4.85. The summed E-state index contributed by atoms with van der Waals surface area (Å²) in [4.78, 5) is 4.47. The van der Waals surface area contributed by atoms with Crippen LogP contribution in [0.15, 0.2) is 59.6 Å². The predicted molar refractivity (Wildman–Crippen MR) is 85.9 cm³/mol. The minimum Gasteiger partial charge on any atom is -0.455 e. The standard InChI is InChI=1S/C16H16N2OS/c1-12-11-17-16(20-12)18-14-9-5-6-10-15(14)19-13-7-3-2-4-8-13/h2-10,12H,11H2,1H3,(H,17,18). The largest absolute Gasteiger partial charge is 0.455 e. The lowest BCUT2D eigenvalue weighted by Crippen LogP contribution is -2.06. The Bertz CT molecular complexity index is 613. The molecule has 1 aliphatic rings. The number of hydrogen-bond donors (Lipinski definition) is 1. The molecule has 0 radical (unpaired) electrons. The minimum atomic E-state index is 0.541. The molecule has 2 aromatic rings. The molecule has 0 spiro atoms. The van der Waals surface area contributed by atoms with Gasteiger partial charge in [0.25, 0.3) is 0 Å². The van der Waals surface area contributed by atoms with Gasteiger partial charge in [0.1, 0.15) is 5.75 Å². The lowest BCUT2D eigenvalue weighted by molar-refractivity contribution is 0.485. The summed E-state index contributed by atoms with van der Waals surface area (Å²) in [5.74, 6) is 1.64. The Balaban J connectivity index is 1.78. The maximum absolute atomic E-state index is 5.92. The summed E-state index contributed by atoms with van der Waals surface area (Å²) in [6.45, 7) is 3.05. The molecule has 0 aliphatic carbocycles. The van der Waals surface area contributed by atoms with Gasteiger partial charge in [0.2, 0.25) is 0 Å². The van der Waals surface area contributed by atoms with Crippen molar-refractivity contribution in [3.63, 3.8) is 0 Å². The monoisotopic (exact) mass is 284 g/mol. The van der Waals surface area contributed by atoms with E-state index in [1.165, 1.54) is 0 Å². The molecule has 20 heavy (non-hydrogen) atoms. The summed E-state index contributed by atoms with van der Waals surface area (Å²) in [7, 11) is 0. The van der Waals surface area contributed by atoms with Gasteiger partial charge in [0.15, 0.2) is 10.9 Å². The highest BCUT2D eigenvalue weighted by molar-refractivity contribution is 8.15. The van der Waals surface area contributed by atoms with Gasteiger partial charge in [-0.1, -0.05) is 49.0 Å². The average molecular weight is 284 g/mol. The van der Waals surface area contributed by atoms with Crippen molar-refractivity contribution in [1.82, 2.24) is 0 Å². The van der Waals surface area contributed by atoms with Crippen molar-refractivity contribution in [2.75, 3.05) is 11.9 Å². The highest BCUT2D eigenvalue weighted by atomic mass is 32.2. The Hall–Kier alpha value is -1.94. The molecule has 1 N–H and O–H groups in total. The van der Waals surface area contributed by atoms with E-state index in [0.717, 1.165) is 28.9 Å². The SMILES string of the molecule is CC1CN=C(Nc2ccccc2Oc2ccccc2)S1. The highest BCUT2D eigenvalue weighted by Gasteiger charge is 2.16. The molecule has 0 bridgehead atoms. The number of para-hydroxylation sites is 3. The smallest absolute Gasteiger partial charge is 0.161 e. The van der Waals surface area contributed by atoms with Gasteiger partial charge in [-0.25, -0.2) is 0 Å². The number of aliphatic imine (C=N–C) groups is 1. The van der Waals surface area contributed by atoms with Gasteiger partial charge in [-0.2, -0.15) is 0 Å². The lowest BCUT2D eigenvalue weighted by atomic mass is 10.3. The molecule has 1 heterocycles. The molecule has 2 aromatic carbocycles. The third-order valence-corrected chi connectivity index (χ3v) is 3.91. The predicted octanol–water partition coefficient (Wildman–Crippen LogP) is 4.38. The molecule has 1 unspecified atom stereocenters. The van der Waals surface area contributed by atoms with E-state index in [9.17, 15) is 0 Å². The van der Waals surface area contributed by atoms with Crippen LogP contribution < -0.4 is 10.1 Å². The Kier molecular flexibility index (Phi) is 3.92. The molecule has 102 valence electrons. The summed E-state index contributed by atoms with van der Waals surface area (Å²) in [6.07, 6.45) is 0. The molecule has 0 amide bonds. The summed E-state index contributed by atoms with van der Waals surface area (Å²) in [5.41, 5.74) is 0.941. The summed E-state index contributed by atoms with van der Waals surface area (Å²) in [6, 6.07) is 17.7. The van der Waals surface area contributed by atoms with Crippen LogP contribution in [0.3, 0.4) is 0 Å². The normalized spacial score (nSPS) is 17.6. The molecule has 0 saturated carbocycles. The van der Waals surface area contributed by atoms with E-state index < -0.39 is 0 Å². The van der Waals surface area contributed by atoms with Crippen LogP contribution in [0.2, 0.25) is 0 Å². The zero-order valence-electron chi connectivity index (χ0n) is 11.2. The van der Waals surface area contributed by atoms with E-state index >= 15 is 0 Å². The van der Waals surface area contributed by atoms with Gasteiger partial charge in [0.05, 0.1) is 12.2 Å². The van der Waals surface area contributed by atoms with E-state index in [1.807, 2.05) is 54.6 Å². The van der Waals surface area contributed by atoms with E-state index in [-0.39, 0.29) is 0 Å². The van der Waals surface area contributed by atoms with Crippen LogP contribution in [0.1, 0.15) is 6.92 Å². The maximum atomic E-state index is 5.92. The maximum Gasteiger partial charge on any atom is 0.161 e. The van der Waals surface area contributed by atoms with Crippen LogP contribution in [-0.4, -0.2) is 17.0 Å². The number of benzene rings is 2. The van der Waals surface area contributed by atoms with Crippen molar-refractivity contribution >= 4 is 22.6 Å². The number of ether oxygens (including phenoxy) is 1. The number of thioether (sulfide) groups is 1. The van der Waals surface area contributed by atoms with Gasteiger partial charge in [-0.3, -0.25) is 4.99 Å². The van der Waals surface area contributed by atoms with Gasteiger partial charge in [-0.15, -0.1) is 0 Å². The Labute approximate surface area is 123 Å². The first kappa shape index (κ1) is 13.1. The lowest BCUT2D eigenvalue weighted by Gasteiger charge is -2.12. The second kappa shape index (κ2) is 6.01. The van der Waals surface area contributed by atoms with Gasteiger partial charge in [-0.05, 0) is 24.3 Å². The first-order valence-electron chi connectivity index (χ1n) is 6.61. The molecule has 3 rings (SSSR count). The second-order valence-electron chi connectivity index (χ2n) is 4.61. The summed E-state index contributed by atoms with van der Waals surface area (Å²) >= 11 is 1.76. The third-order valence-electron chi connectivity index (χ3n) is 2.90. The molecule has 3 nitrogen and oxygen atoms in total. The van der Waals surface area contributed by atoms with Gasteiger partial charge < -0.3 is 10.1 Å². The molecule has 1 aliphatic heterocycles. The fourth-order valence-corrected chi connectivity index (χ4v) is 2.78. The summed E-state index contributed by atoms with van der Waals surface area (Å²) < 4.78 is 5.92. The number of rotatable bonds is 3. The van der Waals surface area contributed by atoms with Crippen LogP contribution in [0.4, 0.5) is 5.69 Å². The molecule has 0 aromatic heterocycles. The zero-order valence-corrected chi connectivity index (χ0v) is 12.1. The zero-order chi connectivity index (χ0) is 13.8. The van der Waals surface area contributed by atoms with Crippen LogP contribution in [-0.2, 0) is 0 Å². The number of amidine groups is 1. The molecule has 1 atom stereocenters. The minimum absolute atomic E-state index is 0.541. The second-order valence-corrected chi connectivity index (χ2v) is 6.04. The van der Waals surface area contributed by atoms with E-state index in [1.54, 1.807) is 11.8 Å². The van der Waals surface area contributed by atoms with E-state index in [2.05, 4.69) is 17.2 Å². The number of hydrogen-bond acceptors (Lipinski definition) is 4. The van der Waals surface area contributed by atoms with Crippen LogP contribution >= 0.6 is 11.8 Å². The number of nitrogens with one attached hydrogen (secondary N) is 1. The van der Waals surface area contributed by atoms with E-state index in [0.29, 0.717) is 5.25 Å². The quantitative estimate of drug-likeness (QED) is 0.908. The van der Waals surface area contributed by atoms with Crippen molar-refractivity contribution < 1.29 is 4.74 Å². The van der Waals surface area contributed by atoms with Crippen molar-refractivity contribution in [3.8, 4) is 11.5 Å². The van der Waals surface area contributed by atoms with Crippen molar-refractivity contribution in [1.29, 1.82) is 0 Å². The van der Waals surface area contributed by atoms with E-state index in [4.69, 9.17) is 4.74 Å². The number of anilines is 1. The highest BCUT2D eigenvalue weighted by Crippen LogP contribution is 2.31. The van der Waals surface area contributed by atoms with Crippen LogP contribution in [0.5, 0.6) is 11.5 Å². The molecule has 0 saturated heterocycles. The van der Waals surface area contributed by atoms with Crippen LogP contribution in [0.25, 0.3) is 0 Å². The molecular formula is C16H16N2OS. The topological polar surface area (TPSA) is 33.6 Å². The Morgan fingerprint density at radius 1 is 1.10 bits per heavy atom.